The minimum Gasteiger partial charge on any atom is -0.478 e. The van der Waals surface area contributed by atoms with Gasteiger partial charge in [-0.3, -0.25) is 0 Å². The fourth-order valence-electron chi connectivity index (χ4n) is 1.62. The number of nitrogens with zero attached hydrogens (tertiary/aromatic N) is 4. The van der Waals surface area contributed by atoms with E-state index in [-0.39, 0.29) is 5.56 Å². The highest BCUT2D eigenvalue weighted by Crippen LogP contribution is 2.23. The number of carboxylic acids is 1. The molecule has 0 amide bonds. The molecule has 98 valence electrons. The number of benzene rings is 1. The molecular formula is C13H8N4O3. The van der Waals surface area contributed by atoms with Gasteiger partial charge in [-0.05, 0) is 24.3 Å². The zero-order valence-electron chi connectivity index (χ0n) is 10.1. The van der Waals surface area contributed by atoms with Crippen LogP contribution in [0, 0.1) is 0 Å². The van der Waals surface area contributed by atoms with E-state index in [1.165, 1.54) is 18.5 Å². The van der Waals surface area contributed by atoms with Gasteiger partial charge >= 0.3 is 5.97 Å². The van der Waals surface area contributed by atoms with E-state index < -0.39 is 5.97 Å². The Bertz CT molecular complexity index is 738. The fourth-order valence-corrected chi connectivity index (χ4v) is 1.62. The van der Waals surface area contributed by atoms with Crippen LogP contribution >= 0.6 is 0 Å². The van der Waals surface area contributed by atoms with Gasteiger partial charge in [0.2, 0.25) is 5.89 Å². The summed E-state index contributed by atoms with van der Waals surface area (Å²) in [5.74, 6) is -0.368. The molecule has 2 aromatic heterocycles. The first kappa shape index (κ1) is 12.0. The zero-order valence-corrected chi connectivity index (χ0v) is 10.1. The van der Waals surface area contributed by atoms with Gasteiger partial charge in [-0.1, -0.05) is 0 Å². The predicted molar refractivity (Wildman–Crippen MR) is 67.7 cm³/mol. The van der Waals surface area contributed by atoms with E-state index in [9.17, 15) is 4.79 Å². The molecule has 1 aromatic carbocycles. The number of rotatable bonds is 3. The Morgan fingerprint density at radius 1 is 0.950 bits per heavy atom. The van der Waals surface area contributed by atoms with Crippen LogP contribution in [0.2, 0.25) is 0 Å². The molecule has 1 N–H and O–H groups in total. The lowest BCUT2D eigenvalue weighted by molar-refractivity contribution is 0.0697. The standard InChI is InChI=1S/C13H8N4O3/c18-13(19)9-3-1-8(2-4-9)11-16-17-12(20-11)10-5-14-7-15-6-10/h1-7H,(H,18,19). The van der Waals surface area contributed by atoms with E-state index in [4.69, 9.17) is 9.52 Å². The molecule has 0 aliphatic carbocycles. The van der Waals surface area contributed by atoms with Gasteiger partial charge in [0.05, 0.1) is 11.1 Å². The summed E-state index contributed by atoms with van der Waals surface area (Å²) in [6.45, 7) is 0. The van der Waals surface area contributed by atoms with Crippen LogP contribution in [0.5, 0.6) is 0 Å². The first-order chi connectivity index (χ1) is 9.74. The largest absolute Gasteiger partial charge is 0.478 e. The monoisotopic (exact) mass is 268 g/mol. The molecule has 0 bridgehead atoms. The van der Waals surface area contributed by atoms with E-state index in [1.54, 1.807) is 24.5 Å². The van der Waals surface area contributed by atoms with Gasteiger partial charge in [-0.25, -0.2) is 14.8 Å². The van der Waals surface area contributed by atoms with Crippen LogP contribution in [0.25, 0.3) is 22.9 Å². The lowest BCUT2D eigenvalue weighted by Gasteiger charge is -1.96. The third kappa shape index (κ3) is 2.24. The number of aromatic nitrogens is 4. The molecule has 0 aliphatic heterocycles. The topological polar surface area (TPSA) is 102 Å². The van der Waals surface area contributed by atoms with Crippen molar-refractivity contribution in [2.24, 2.45) is 0 Å². The van der Waals surface area contributed by atoms with Gasteiger partial charge in [0, 0.05) is 18.0 Å². The second-order valence-electron chi connectivity index (χ2n) is 3.92. The van der Waals surface area contributed by atoms with Gasteiger partial charge in [0.25, 0.3) is 5.89 Å². The van der Waals surface area contributed by atoms with E-state index >= 15 is 0 Å². The molecule has 7 heteroatoms. The summed E-state index contributed by atoms with van der Waals surface area (Å²) < 4.78 is 5.51. The Kier molecular flexibility index (Phi) is 2.92. The first-order valence-electron chi connectivity index (χ1n) is 5.66. The summed E-state index contributed by atoms with van der Waals surface area (Å²) in [4.78, 5) is 18.5. The molecule has 0 saturated heterocycles. The molecule has 0 aliphatic rings. The number of hydrogen-bond acceptors (Lipinski definition) is 6. The highest BCUT2D eigenvalue weighted by molar-refractivity contribution is 5.88. The molecular weight excluding hydrogens is 260 g/mol. The second kappa shape index (κ2) is 4.88. The minimum absolute atomic E-state index is 0.199. The van der Waals surface area contributed by atoms with Crippen molar-refractivity contribution in [1.29, 1.82) is 0 Å². The number of hydrogen-bond donors (Lipinski definition) is 1. The smallest absolute Gasteiger partial charge is 0.335 e. The molecule has 0 radical (unpaired) electrons. The molecule has 20 heavy (non-hydrogen) atoms. The summed E-state index contributed by atoms with van der Waals surface area (Å²) in [6.07, 6.45) is 4.54. The molecule has 3 aromatic rings. The van der Waals surface area contributed by atoms with Gasteiger partial charge in [-0.2, -0.15) is 0 Å². The molecule has 7 nitrogen and oxygen atoms in total. The Hall–Kier alpha value is -3.09. The fraction of sp³-hybridized carbons (Fsp3) is 0. The van der Waals surface area contributed by atoms with Crippen molar-refractivity contribution < 1.29 is 14.3 Å². The summed E-state index contributed by atoms with van der Waals surface area (Å²) in [6, 6.07) is 6.19. The number of carbonyl (C=O) groups is 1. The van der Waals surface area contributed by atoms with Crippen molar-refractivity contribution in [2.75, 3.05) is 0 Å². The minimum atomic E-state index is -0.982. The van der Waals surface area contributed by atoms with Gasteiger partial charge in [-0.15, -0.1) is 10.2 Å². The van der Waals surface area contributed by atoms with Crippen molar-refractivity contribution in [3.8, 4) is 22.9 Å². The quantitative estimate of drug-likeness (QED) is 0.773. The molecule has 0 unspecified atom stereocenters. The summed E-state index contributed by atoms with van der Waals surface area (Å²) >= 11 is 0. The Balaban J connectivity index is 1.92. The maximum absolute atomic E-state index is 10.8. The highest BCUT2D eigenvalue weighted by Gasteiger charge is 2.11. The van der Waals surface area contributed by atoms with Crippen LogP contribution in [-0.4, -0.2) is 31.2 Å². The third-order valence-electron chi connectivity index (χ3n) is 2.61. The van der Waals surface area contributed by atoms with Crippen molar-refractivity contribution >= 4 is 5.97 Å². The zero-order chi connectivity index (χ0) is 13.9. The molecule has 0 saturated carbocycles. The van der Waals surface area contributed by atoms with Crippen molar-refractivity contribution in [2.45, 2.75) is 0 Å². The van der Waals surface area contributed by atoms with Crippen LogP contribution in [0.1, 0.15) is 10.4 Å². The summed E-state index contributed by atoms with van der Waals surface area (Å²) in [5, 5.41) is 16.7. The molecule has 2 heterocycles. The summed E-state index contributed by atoms with van der Waals surface area (Å²) in [5.41, 5.74) is 1.46. The highest BCUT2D eigenvalue weighted by atomic mass is 16.4. The van der Waals surface area contributed by atoms with Crippen molar-refractivity contribution in [1.82, 2.24) is 20.2 Å². The Labute approximate surface area is 113 Å². The van der Waals surface area contributed by atoms with Crippen LogP contribution in [0.3, 0.4) is 0 Å². The average molecular weight is 268 g/mol. The molecule has 0 atom stereocenters. The lowest BCUT2D eigenvalue weighted by Crippen LogP contribution is -1.94. The molecule has 0 spiro atoms. The SMILES string of the molecule is O=C(O)c1ccc(-c2nnc(-c3cncnc3)o2)cc1. The maximum Gasteiger partial charge on any atom is 0.335 e. The van der Waals surface area contributed by atoms with E-state index in [0.29, 0.717) is 22.9 Å². The molecule has 0 fully saturated rings. The van der Waals surface area contributed by atoms with E-state index in [1.807, 2.05) is 0 Å². The van der Waals surface area contributed by atoms with E-state index in [2.05, 4.69) is 20.2 Å². The lowest BCUT2D eigenvalue weighted by atomic mass is 10.1. The Morgan fingerprint density at radius 2 is 1.55 bits per heavy atom. The van der Waals surface area contributed by atoms with E-state index in [0.717, 1.165) is 0 Å². The van der Waals surface area contributed by atoms with Crippen LogP contribution in [-0.2, 0) is 0 Å². The second-order valence-corrected chi connectivity index (χ2v) is 3.92. The Morgan fingerprint density at radius 3 is 2.15 bits per heavy atom. The average Bonchev–Trinajstić information content (AvgIpc) is 2.98. The van der Waals surface area contributed by atoms with Crippen LogP contribution in [0.4, 0.5) is 0 Å². The number of carboxylic acid groups (broad SMARTS) is 1. The maximum atomic E-state index is 10.8. The van der Waals surface area contributed by atoms with Gasteiger partial charge < -0.3 is 9.52 Å². The number of aromatic carboxylic acids is 1. The normalized spacial score (nSPS) is 10.4. The van der Waals surface area contributed by atoms with Crippen LogP contribution in [0.15, 0.2) is 47.4 Å². The molecule has 3 rings (SSSR count). The third-order valence-corrected chi connectivity index (χ3v) is 2.61. The van der Waals surface area contributed by atoms with Crippen LogP contribution < -0.4 is 0 Å². The predicted octanol–water partition coefficient (Wildman–Crippen LogP) is 1.89. The van der Waals surface area contributed by atoms with Crippen molar-refractivity contribution in [3.05, 3.63) is 48.5 Å². The first-order valence-corrected chi connectivity index (χ1v) is 5.66. The van der Waals surface area contributed by atoms with Crippen molar-refractivity contribution in [3.63, 3.8) is 0 Å². The van der Waals surface area contributed by atoms with Gasteiger partial charge in [0.1, 0.15) is 6.33 Å². The van der Waals surface area contributed by atoms with Gasteiger partial charge in [0.15, 0.2) is 0 Å². The summed E-state index contributed by atoms with van der Waals surface area (Å²) in [7, 11) is 0.